The van der Waals surface area contributed by atoms with E-state index in [0.717, 1.165) is 33.8 Å². The van der Waals surface area contributed by atoms with Crippen molar-refractivity contribution in [2.45, 2.75) is 24.7 Å². The van der Waals surface area contributed by atoms with Crippen molar-refractivity contribution >= 4 is 34.1 Å². The predicted octanol–water partition coefficient (Wildman–Crippen LogP) is 15.3. The van der Waals surface area contributed by atoms with Gasteiger partial charge in [0.05, 0.1) is 18.0 Å². The van der Waals surface area contributed by atoms with Crippen molar-refractivity contribution in [1.82, 2.24) is 0 Å². The molecule has 1 spiro atoms. The summed E-state index contributed by atoms with van der Waals surface area (Å²) in [7, 11) is 0. The Morgan fingerprint density at radius 1 is 0.350 bits per heavy atom. The Balaban J connectivity index is 1.13. The topological polar surface area (TPSA) is 6.48 Å². The van der Waals surface area contributed by atoms with Gasteiger partial charge in [0.25, 0.3) is 0 Å². The van der Waals surface area contributed by atoms with Crippen LogP contribution in [0.3, 0.4) is 0 Å². The molecule has 0 aromatic heterocycles. The number of hydrogen-bond donors (Lipinski definition) is 0. The summed E-state index contributed by atoms with van der Waals surface area (Å²) in [6.45, 7) is 4.66. The van der Waals surface area contributed by atoms with E-state index < -0.39 is 11.5 Å². The van der Waals surface area contributed by atoms with Crippen LogP contribution in [0.25, 0.3) is 33.4 Å². The summed E-state index contributed by atoms with van der Waals surface area (Å²) >= 11 is 0. The monoisotopic (exact) mass is 771 g/mol. The van der Waals surface area contributed by atoms with Gasteiger partial charge in [-0.2, -0.15) is 0 Å². The lowest BCUT2D eigenvalue weighted by Gasteiger charge is -2.36. The van der Waals surface area contributed by atoms with Crippen molar-refractivity contribution < 1.29 is 6.85 Å². The van der Waals surface area contributed by atoms with E-state index in [2.05, 4.69) is 176 Å². The summed E-state index contributed by atoms with van der Waals surface area (Å²) in [4.78, 5) is 4.25. The Morgan fingerprint density at radius 2 is 0.850 bits per heavy atom. The second kappa shape index (κ2) is 13.0. The Labute approximate surface area is 359 Å². The van der Waals surface area contributed by atoms with Crippen LogP contribution >= 0.6 is 0 Å². The number of para-hydroxylation sites is 3. The van der Waals surface area contributed by atoms with Crippen molar-refractivity contribution in [2.75, 3.05) is 9.80 Å². The predicted molar refractivity (Wildman–Crippen MR) is 250 cm³/mol. The molecule has 284 valence electrons. The van der Waals surface area contributed by atoms with Gasteiger partial charge in [-0.1, -0.05) is 165 Å². The molecule has 0 bridgehead atoms. The Morgan fingerprint density at radius 3 is 1.53 bits per heavy atom. The third-order valence-corrected chi connectivity index (χ3v) is 13.1. The summed E-state index contributed by atoms with van der Waals surface area (Å²) in [5.41, 5.74) is 18.1. The van der Waals surface area contributed by atoms with E-state index in [1.807, 2.05) is 30.3 Å². The average molecular weight is 772 g/mol. The van der Waals surface area contributed by atoms with E-state index >= 15 is 0 Å². The standard InChI is InChI=1S/C58H42N2/c1-57(2)50-29-15-12-25-44(50)47-35-33-43(38-54(47)57)60(41-23-10-5-11-24-41)55-32-18-28-48-45-26-13-16-30-51(45)58(56(48)55)52-31-17-14-27-46(52)49-37-42(34-36-53(49)58)59(39-19-6-3-7-20-39)40-21-8-4-9-22-40/h3-38H,1-2H3/i3D,6D,7D,19D,20D. The zero-order chi connectivity index (χ0) is 44.4. The van der Waals surface area contributed by atoms with E-state index in [0.29, 0.717) is 11.4 Å². The summed E-state index contributed by atoms with van der Waals surface area (Å²) in [5.74, 6) is 0. The van der Waals surface area contributed by atoms with Gasteiger partial charge in [-0.3, -0.25) is 0 Å². The zero-order valence-electron chi connectivity index (χ0n) is 38.3. The van der Waals surface area contributed by atoms with E-state index in [-0.39, 0.29) is 35.3 Å². The molecule has 9 aromatic rings. The molecule has 0 amide bonds. The molecule has 1 unspecified atom stereocenters. The molecule has 0 aliphatic heterocycles. The second-order valence-corrected chi connectivity index (χ2v) is 16.5. The molecule has 12 rings (SSSR count). The molecule has 0 saturated carbocycles. The fourth-order valence-electron chi connectivity index (χ4n) is 10.7. The molecule has 0 fully saturated rings. The van der Waals surface area contributed by atoms with Crippen LogP contribution in [0.1, 0.15) is 54.1 Å². The molecule has 3 aliphatic carbocycles. The van der Waals surface area contributed by atoms with Gasteiger partial charge in [0.15, 0.2) is 0 Å². The zero-order valence-corrected chi connectivity index (χ0v) is 33.3. The van der Waals surface area contributed by atoms with Crippen LogP contribution in [0.2, 0.25) is 0 Å². The van der Waals surface area contributed by atoms with E-state index in [1.165, 1.54) is 50.1 Å². The van der Waals surface area contributed by atoms with Crippen LogP contribution in [-0.2, 0) is 10.8 Å². The molecule has 9 aromatic carbocycles. The largest absolute Gasteiger partial charge is 0.310 e. The molecule has 0 saturated heterocycles. The first-order chi connectivity index (χ1) is 31.6. The summed E-state index contributed by atoms with van der Waals surface area (Å²) in [5, 5.41) is 0. The van der Waals surface area contributed by atoms with Crippen molar-refractivity contribution in [3.8, 4) is 33.4 Å². The van der Waals surface area contributed by atoms with Gasteiger partial charge in [-0.25, -0.2) is 0 Å². The fraction of sp³-hybridized carbons (Fsp3) is 0.0690. The molecule has 0 radical (unpaired) electrons. The highest BCUT2D eigenvalue weighted by atomic mass is 15.2. The third-order valence-electron chi connectivity index (χ3n) is 13.1. The highest BCUT2D eigenvalue weighted by Gasteiger charge is 2.53. The van der Waals surface area contributed by atoms with Crippen molar-refractivity contribution in [3.05, 3.63) is 252 Å². The molecule has 0 heterocycles. The lowest BCUT2D eigenvalue weighted by molar-refractivity contribution is 0.660. The van der Waals surface area contributed by atoms with Crippen molar-refractivity contribution in [3.63, 3.8) is 0 Å². The minimum absolute atomic E-state index is 0.0983. The molecule has 2 heteroatoms. The van der Waals surface area contributed by atoms with E-state index in [1.54, 1.807) is 4.90 Å². The van der Waals surface area contributed by atoms with Crippen LogP contribution < -0.4 is 9.80 Å². The number of rotatable bonds is 6. The quantitative estimate of drug-likeness (QED) is 0.166. The van der Waals surface area contributed by atoms with Gasteiger partial charge >= 0.3 is 0 Å². The molecule has 0 N–H and O–H groups in total. The minimum atomic E-state index is -0.736. The highest BCUT2D eigenvalue weighted by molar-refractivity contribution is 6.01. The molecule has 1 atom stereocenters. The smallest absolute Gasteiger partial charge is 0.0746 e. The number of benzene rings is 9. The van der Waals surface area contributed by atoms with Gasteiger partial charge in [0, 0.05) is 39.4 Å². The third kappa shape index (κ3) is 4.76. The Bertz CT molecular complexity index is 3410. The first kappa shape index (κ1) is 29.7. The maximum Gasteiger partial charge on any atom is 0.0746 e. The Hall–Kier alpha value is -7.42. The number of nitrogens with zero attached hydrogens (tertiary/aromatic N) is 2. The number of hydrogen-bond acceptors (Lipinski definition) is 2. The molecular weight excluding hydrogens is 725 g/mol. The fourth-order valence-corrected chi connectivity index (χ4v) is 10.7. The highest BCUT2D eigenvalue weighted by Crippen LogP contribution is 2.66. The number of fused-ring (bicyclic) bond motifs is 13. The van der Waals surface area contributed by atoms with E-state index in [9.17, 15) is 0 Å². The normalized spacial score (nSPS) is 16.9. The Kier molecular flexibility index (Phi) is 6.47. The van der Waals surface area contributed by atoms with Crippen LogP contribution in [-0.4, -0.2) is 0 Å². The first-order valence-corrected chi connectivity index (χ1v) is 20.6. The van der Waals surface area contributed by atoms with Crippen molar-refractivity contribution in [2.24, 2.45) is 0 Å². The average Bonchev–Trinajstić information content (AvgIpc) is 3.90. The van der Waals surface area contributed by atoms with Gasteiger partial charge in [0.2, 0.25) is 0 Å². The molecule has 2 nitrogen and oxygen atoms in total. The SMILES string of the molecule is [2H]c1c([2H])c([2H])c(N(c2ccccc2)c2ccc3c(c2)-c2ccccc2C32c3ccccc3-c3cccc(N(c4ccccc4)c4ccc5c(c4)C(C)(C)c4ccccc4-5)c32)c([2H])c1[2H]. The molecular formula is C58H42N2. The van der Waals surface area contributed by atoms with Crippen LogP contribution in [0.4, 0.5) is 34.1 Å². The lowest BCUT2D eigenvalue weighted by Crippen LogP contribution is -2.28. The van der Waals surface area contributed by atoms with Crippen LogP contribution in [0, 0.1) is 0 Å². The maximum absolute atomic E-state index is 9.11. The van der Waals surface area contributed by atoms with Crippen LogP contribution in [0.5, 0.6) is 0 Å². The summed E-state index contributed by atoms with van der Waals surface area (Å²) in [6.07, 6.45) is 0. The van der Waals surface area contributed by atoms with Crippen molar-refractivity contribution in [1.29, 1.82) is 0 Å². The van der Waals surface area contributed by atoms with E-state index in [4.69, 9.17) is 6.85 Å². The second-order valence-electron chi connectivity index (χ2n) is 16.5. The molecule has 3 aliphatic rings. The van der Waals surface area contributed by atoms with Gasteiger partial charge in [0.1, 0.15) is 0 Å². The van der Waals surface area contributed by atoms with Crippen LogP contribution in [0.15, 0.2) is 218 Å². The molecule has 60 heavy (non-hydrogen) atoms. The summed E-state index contributed by atoms with van der Waals surface area (Å²) < 4.78 is 43.9. The minimum Gasteiger partial charge on any atom is -0.310 e. The lowest BCUT2D eigenvalue weighted by atomic mass is 9.70. The van der Waals surface area contributed by atoms with Gasteiger partial charge in [-0.15, -0.1) is 0 Å². The maximum atomic E-state index is 9.11. The summed E-state index contributed by atoms with van der Waals surface area (Å²) in [6, 6.07) is 64.9. The number of anilines is 6. The van der Waals surface area contributed by atoms with Gasteiger partial charge < -0.3 is 9.80 Å². The van der Waals surface area contributed by atoms with Gasteiger partial charge in [-0.05, 0) is 128 Å². The first-order valence-electron chi connectivity index (χ1n) is 23.1.